The van der Waals surface area contributed by atoms with Gasteiger partial charge in [-0.1, -0.05) is 85.8 Å². The second-order valence-corrected chi connectivity index (χ2v) is 31.3. The number of methoxy groups -OCH3 is 2. The summed E-state index contributed by atoms with van der Waals surface area (Å²) in [6, 6.07) is 45.4. The number of nitrogens with zero attached hydrogens (tertiary/aromatic N) is 15. The molecule has 12 heterocycles. The molecule has 5 N–H and O–H groups in total. The number of benzene rings is 3. The largest absolute Gasteiger partial charge is 0.469 e. The summed E-state index contributed by atoms with van der Waals surface area (Å²) in [6.45, 7) is 20.4. The normalized spacial score (nSPS) is 18.0. The topological polar surface area (TPSA) is 304 Å². The fraction of sp³-hybridized carbons (Fsp3) is 0.442. The molecule has 4 atom stereocenters. The van der Waals surface area contributed by atoms with Crippen LogP contribution >= 0.6 is 0 Å². The van der Waals surface area contributed by atoms with Crippen molar-refractivity contribution < 1.29 is 41.1 Å². The van der Waals surface area contributed by atoms with Gasteiger partial charge in [0.15, 0.2) is 11.6 Å². The number of hydrogen-bond donors (Lipinski definition) is 3. The smallest absolute Gasteiger partial charge is 0.310 e. The molecule has 0 saturated carbocycles. The molecule has 6 aliphatic rings. The summed E-state index contributed by atoms with van der Waals surface area (Å²) in [7, 11) is -0.981. The van der Waals surface area contributed by atoms with Gasteiger partial charge in [-0.2, -0.15) is 8.42 Å². The Morgan fingerprint density at radius 3 is 1.40 bits per heavy atom. The third-order valence-corrected chi connectivity index (χ3v) is 23.3. The Hall–Kier alpha value is -10.5. The van der Waals surface area contributed by atoms with E-state index in [0.29, 0.717) is 42.4 Å². The number of esters is 2. The highest BCUT2D eigenvalue weighted by Crippen LogP contribution is 2.41. The average molecular weight is 1570 g/mol. The maximum Gasteiger partial charge on any atom is 0.310 e. The van der Waals surface area contributed by atoms with Crippen molar-refractivity contribution in [2.45, 2.75) is 121 Å². The first-order chi connectivity index (χ1) is 55.0. The van der Waals surface area contributed by atoms with Crippen LogP contribution < -0.4 is 46.2 Å². The number of rotatable bonds is 28. The Balaban J connectivity index is 0.000000175. The minimum absolute atomic E-state index is 0. The van der Waals surface area contributed by atoms with Gasteiger partial charge in [-0.25, -0.2) is 9.97 Å². The number of fused-ring (bicyclic) bond motifs is 4. The summed E-state index contributed by atoms with van der Waals surface area (Å²) < 4.78 is 50.8. The highest BCUT2D eigenvalue weighted by molar-refractivity contribution is 7.86. The Kier molecular flexibility index (Phi) is 29.1. The molecule has 6 fully saturated rings. The van der Waals surface area contributed by atoms with E-state index in [1.54, 1.807) is 36.7 Å². The highest BCUT2D eigenvalue weighted by Gasteiger charge is 2.43. The van der Waals surface area contributed by atoms with Gasteiger partial charge < -0.3 is 65.1 Å². The van der Waals surface area contributed by atoms with E-state index in [1.165, 1.54) is 31.2 Å². The number of piperazine rings is 4. The van der Waals surface area contributed by atoms with Gasteiger partial charge in [0.05, 0.1) is 74.5 Å². The van der Waals surface area contributed by atoms with Crippen molar-refractivity contribution in [2.24, 2.45) is 0 Å². The van der Waals surface area contributed by atoms with E-state index in [-0.39, 0.29) is 50.3 Å². The highest BCUT2D eigenvalue weighted by atomic mass is 32.2. The van der Waals surface area contributed by atoms with Crippen molar-refractivity contribution in [2.75, 3.05) is 173 Å². The van der Waals surface area contributed by atoms with Crippen LogP contribution in [0.1, 0.15) is 85.2 Å². The van der Waals surface area contributed by atoms with Gasteiger partial charge in [-0.05, 0) is 155 Å². The van der Waals surface area contributed by atoms with Crippen LogP contribution in [-0.4, -0.2) is 222 Å². The van der Waals surface area contributed by atoms with Gasteiger partial charge in [0.1, 0.15) is 11.6 Å². The first kappa shape index (κ1) is 83.0. The molecule has 114 heavy (non-hydrogen) atoms. The van der Waals surface area contributed by atoms with Crippen LogP contribution in [0.3, 0.4) is 0 Å². The molecule has 9 aromatic rings. The fourth-order valence-corrected chi connectivity index (χ4v) is 16.8. The standard InChI is InChI=1S/C39H49N9O3.C34H40N6O4S.C12H17N3O2.CH4/c1-28-6-3-4-8-34(28)35-24-36(39(40)44-43-35)47-26-32-10-11-33(27-47)48(32)31-13-14-41-30(23-31)7-5-20-51-21-19-45-15-17-46(18-16-45)37-12-9-29(25-42-37)22-38(49)50-2;1-24-9-13-30(14-10-24)45(41,42)44-19-18-43-17-5-7-26-20-27(15-16-36-26)40-28-11-12-29(40)23-39(22-28)33-21-32(37-38-34(33)35)31-8-4-3-6-25(31)2;1-17-12(16)8-10-2-3-11(14-9-10)15-6-4-13-5-7-15;/h3-4,6,8-9,12-14,23-25,32-33H,5,7,10-11,15-22,26-27H2,1-2H3,(H2,40,44);3-4,6,8-10,13-16,20-21,28-29H,5,7,11-12,17-19,22-23H2,1-2H3,(H2,35,38);2-3,9,13H,4-8H2,1H3;1H4. The SMILES string of the molecule is C.COC(=O)Cc1ccc(N2CCN(CCOCCCc3cc(N4C5CCC4CN(c4cc(-c6ccccc6C)nnc4N)C5)ccn3)CC2)nc1.COC(=O)Cc1ccc(N2CCNCC2)nc1.Cc1ccc(S(=O)(=O)OCCOCCCc2cc(N3C4CCC3CN(c3cc(-c5ccccc5C)nnc3N)C4)ccn2)cc1. The molecule has 15 rings (SSSR count). The van der Waals surface area contributed by atoms with Crippen molar-refractivity contribution in [3.63, 3.8) is 0 Å². The molecule has 4 bridgehead atoms. The minimum atomic E-state index is -3.78. The molecule has 6 aromatic heterocycles. The zero-order valence-electron chi connectivity index (χ0n) is 65.6. The lowest BCUT2D eigenvalue weighted by Crippen LogP contribution is -2.54. The van der Waals surface area contributed by atoms with Crippen LogP contribution in [0.2, 0.25) is 0 Å². The predicted molar refractivity (Wildman–Crippen MR) is 448 cm³/mol. The number of hydrogen-bond acceptors (Lipinski definition) is 27. The molecule has 604 valence electrons. The molecule has 6 saturated heterocycles. The first-order valence-electron chi connectivity index (χ1n) is 39.5. The van der Waals surface area contributed by atoms with Crippen molar-refractivity contribution >= 4 is 68.1 Å². The van der Waals surface area contributed by atoms with E-state index in [2.05, 4.69) is 154 Å². The van der Waals surface area contributed by atoms with E-state index in [4.69, 9.17) is 34.8 Å². The van der Waals surface area contributed by atoms with Crippen LogP contribution in [0.25, 0.3) is 22.5 Å². The number of nitrogens with two attached hydrogens (primary N) is 2. The van der Waals surface area contributed by atoms with Gasteiger partial charge >= 0.3 is 11.9 Å². The van der Waals surface area contributed by atoms with Crippen LogP contribution in [-0.2, 0) is 68.5 Å². The number of nitrogens with one attached hydrogen (secondary N) is 1. The van der Waals surface area contributed by atoms with Crippen LogP contribution in [0, 0.1) is 20.8 Å². The van der Waals surface area contributed by atoms with Gasteiger partial charge in [0.2, 0.25) is 0 Å². The summed E-state index contributed by atoms with van der Waals surface area (Å²) in [5, 5.41) is 20.8. The van der Waals surface area contributed by atoms with Gasteiger partial charge in [0.25, 0.3) is 10.1 Å². The summed E-state index contributed by atoms with van der Waals surface area (Å²) in [4.78, 5) is 57.9. The maximum absolute atomic E-state index is 12.3. The van der Waals surface area contributed by atoms with Crippen molar-refractivity contribution in [1.29, 1.82) is 0 Å². The molecule has 0 amide bonds. The number of aromatic nitrogens is 8. The summed E-state index contributed by atoms with van der Waals surface area (Å²) in [5.41, 5.74) is 28.2. The monoisotopic (exact) mass is 1570 g/mol. The third kappa shape index (κ3) is 21.7. The Morgan fingerprint density at radius 2 is 0.956 bits per heavy atom. The number of nitrogen functional groups attached to an aromatic ring is 2. The molecule has 0 aliphatic carbocycles. The molecule has 3 aromatic carbocycles. The Labute approximate surface area is 670 Å². The summed E-state index contributed by atoms with van der Waals surface area (Å²) in [6.07, 6.45) is 15.8. The van der Waals surface area contributed by atoms with Crippen molar-refractivity contribution in [3.05, 3.63) is 197 Å². The fourth-order valence-electron chi connectivity index (χ4n) is 15.9. The number of ether oxygens (including phenoxy) is 4. The molecular formula is C86H110N18O9S. The minimum Gasteiger partial charge on any atom is -0.469 e. The molecule has 27 nitrogen and oxygen atoms in total. The van der Waals surface area contributed by atoms with Gasteiger partial charge in [-0.3, -0.25) is 28.6 Å². The van der Waals surface area contributed by atoms with E-state index in [1.807, 2.05) is 67.8 Å². The predicted octanol–water partition coefficient (Wildman–Crippen LogP) is 9.96. The molecule has 4 unspecified atom stereocenters. The van der Waals surface area contributed by atoms with E-state index < -0.39 is 10.1 Å². The van der Waals surface area contributed by atoms with Gasteiger partial charge in [0, 0.05) is 181 Å². The van der Waals surface area contributed by atoms with Crippen LogP contribution in [0.5, 0.6) is 0 Å². The zero-order valence-corrected chi connectivity index (χ0v) is 66.4. The molecule has 0 radical (unpaired) electrons. The maximum atomic E-state index is 12.3. The van der Waals surface area contributed by atoms with E-state index in [9.17, 15) is 18.0 Å². The summed E-state index contributed by atoms with van der Waals surface area (Å²) in [5.74, 6) is 2.40. The Morgan fingerprint density at radius 1 is 0.500 bits per heavy atom. The number of carbonyl (C=O) groups excluding carboxylic acids is 2. The number of aryl methyl sites for hydroxylation is 5. The molecular weight excluding hydrogens is 1460 g/mol. The average Bonchev–Trinajstić information content (AvgIpc) is 1.58. The van der Waals surface area contributed by atoms with Gasteiger partial charge in [-0.15, -0.1) is 20.4 Å². The second-order valence-electron chi connectivity index (χ2n) is 29.7. The lowest BCUT2D eigenvalue weighted by molar-refractivity contribution is -0.140. The number of pyridine rings is 4. The number of anilines is 8. The molecule has 0 spiro atoms. The van der Waals surface area contributed by atoms with E-state index >= 15 is 0 Å². The first-order valence-corrected chi connectivity index (χ1v) is 40.9. The van der Waals surface area contributed by atoms with Crippen LogP contribution in [0.4, 0.5) is 46.0 Å². The number of carbonyl (C=O) groups is 2. The summed E-state index contributed by atoms with van der Waals surface area (Å²) >= 11 is 0. The molecule has 6 aliphatic heterocycles. The van der Waals surface area contributed by atoms with E-state index in [0.717, 1.165) is 229 Å². The lowest BCUT2D eigenvalue weighted by atomic mass is 10.0. The lowest BCUT2D eigenvalue weighted by Gasteiger charge is -2.43. The van der Waals surface area contributed by atoms with Crippen molar-refractivity contribution in [1.82, 2.24) is 50.5 Å². The second kappa shape index (κ2) is 40.0. The zero-order chi connectivity index (χ0) is 78.6. The van der Waals surface area contributed by atoms with Crippen molar-refractivity contribution in [3.8, 4) is 22.5 Å². The third-order valence-electron chi connectivity index (χ3n) is 22.0. The molecule has 28 heteroatoms. The quantitative estimate of drug-likeness (QED) is 0.0233. The Bertz CT molecular complexity index is 4700. The van der Waals surface area contributed by atoms with Crippen LogP contribution in [0.15, 0.2) is 163 Å².